The van der Waals surface area contributed by atoms with E-state index in [9.17, 15) is 14.7 Å². The molecule has 1 aromatic rings. The first-order chi connectivity index (χ1) is 8.54. The van der Waals surface area contributed by atoms with Gasteiger partial charge in [-0.1, -0.05) is 30.7 Å². The molecule has 4 nitrogen and oxygen atoms in total. The third kappa shape index (κ3) is 4.37. The summed E-state index contributed by atoms with van der Waals surface area (Å²) in [6.07, 6.45) is 0.870. The number of amides is 1. The van der Waals surface area contributed by atoms with E-state index in [1.165, 1.54) is 0 Å². The molecule has 18 heavy (non-hydrogen) atoms. The van der Waals surface area contributed by atoms with Crippen LogP contribution in [-0.2, 0) is 9.59 Å². The van der Waals surface area contributed by atoms with Crippen molar-refractivity contribution in [3.8, 4) is 0 Å². The average molecular weight is 269 g/mol. The lowest BCUT2D eigenvalue weighted by molar-refractivity contribution is -0.311. The number of para-hydroxylation sites is 1. The normalized spacial score (nSPS) is 11.9. The summed E-state index contributed by atoms with van der Waals surface area (Å²) in [5.74, 6) is -1.94. The van der Waals surface area contributed by atoms with E-state index in [4.69, 9.17) is 11.6 Å². The summed E-state index contributed by atoms with van der Waals surface area (Å²) in [6.45, 7) is 1.76. The fourth-order valence-corrected chi connectivity index (χ4v) is 1.75. The monoisotopic (exact) mass is 268 g/mol. The predicted molar refractivity (Wildman–Crippen MR) is 68.1 cm³/mol. The predicted octanol–water partition coefficient (Wildman–Crippen LogP) is 1.83. The van der Waals surface area contributed by atoms with Crippen LogP contribution in [0.4, 0.5) is 5.69 Å². The van der Waals surface area contributed by atoms with Crippen molar-refractivity contribution < 1.29 is 14.7 Å². The summed E-state index contributed by atoms with van der Waals surface area (Å²) in [6, 6.07) is 6.89. The van der Waals surface area contributed by atoms with E-state index in [0.29, 0.717) is 17.1 Å². The van der Waals surface area contributed by atoms with E-state index in [-0.39, 0.29) is 18.7 Å². The molecule has 1 amide bonds. The quantitative estimate of drug-likeness (QED) is 0.856. The van der Waals surface area contributed by atoms with Crippen molar-refractivity contribution in [3.63, 3.8) is 0 Å². The summed E-state index contributed by atoms with van der Waals surface area (Å²) >= 11 is 5.89. The first kappa shape index (κ1) is 14.5. The minimum absolute atomic E-state index is 0.137. The maximum atomic E-state index is 11.6. The highest BCUT2D eigenvalue weighted by atomic mass is 35.5. The number of nitrogens with one attached hydrogen (secondary N) is 1. The molecular weight excluding hydrogens is 254 g/mol. The van der Waals surface area contributed by atoms with Gasteiger partial charge in [0.1, 0.15) is 0 Å². The molecule has 1 rings (SSSR count). The third-order valence-electron chi connectivity index (χ3n) is 2.69. The van der Waals surface area contributed by atoms with Gasteiger partial charge in [0.05, 0.1) is 10.7 Å². The zero-order valence-corrected chi connectivity index (χ0v) is 10.9. The minimum atomic E-state index is -1.11. The van der Waals surface area contributed by atoms with Crippen molar-refractivity contribution in [2.24, 2.45) is 5.92 Å². The molecule has 0 aliphatic carbocycles. The van der Waals surface area contributed by atoms with E-state index in [2.05, 4.69) is 5.32 Å². The van der Waals surface area contributed by atoms with E-state index < -0.39 is 11.9 Å². The lowest BCUT2D eigenvalue weighted by Crippen LogP contribution is -2.31. The fraction of sp³-hybridized carbons (Fsp3) is 0.385. The maximum absolute atomic E-state index is 11.6. The van der Waals surface area contributed by atoms with Gasteiger partial charge >= 0.3 is 0 Å². The van der Waals surface area contributed by atoms with Crippen LogP contribution in [0.25, 0.3) is 0 Å². The van der Waals surface area contributed by atoms with Crippen LogP contribution in [0.15, 0.2) is 24.3 Å². The van der Waals surface area contributed by atoms with Gasteiger partial charge in [-0.2, -0.15) is 0 Å². The maximum Gasteiger partial charge on any atom is 0.224 e. The summed E-state index contributed by atoms with van der Waals surface area (Å²) in [5, 5.41) is 13.8. The van der Waals surface area contributed by atoms with Crippen LogP contribution in [0, 0.1) is 5.92 Å². The Morgan fingerprint density at radius 1 is 1.39 bits per heavy atom. The van der Waals surface area contributed by atoms with E-state index in [0.717, 1.165) is 0 Å². The van der Waals surface area contributed by atoms with Gasteiger partial charge in [-0.15, -0.1) is 0 Å². The Kier molecular flexibility index (Phi) is 5.65. The molecule has 0 bridgehead atoms. The Balaban J connectivity index is 2.48. The van der Waals surface area contributed by atoms with Crippen LogP contribution in [0.1, 0.15) is 26.2 Å². The Bertz CT molecular complexity index is 434. The van der Waals surface area contributed by atoms with Crippen LogP contribution < -0.4 is 10.4 Å². The zero-order chi connectivity index (χ0) is 13.5. The molecule has 1 N–H and O–H groups in total. The van der Waals surface area contributed by atoms with Crippen molar-refractivity contribution in [2.75, 3.05) is 5.32 Å². The first-order valence-electron chi connectivity index (χ1n) is 5.79. The number of hydrogen-bond donors (Lipinski definition) is 1. The second-order valence-electron chi connectivity index (χ2n) is 3.99. The lowest BCUT2D eigenvalue weighted by atomic mass is 10.0. The van der Waals surface area contributed by atoms with Crippen LogP contribution in [-0.4, -0.2) is 11.9 Å². The molecule has 98 valence electrons. The third-order valence-corrected chi connectivity index (χ3v) is 3.02. The van der Waals surface area contributed by atoms with E-state index >= 15 is 0 Å². The number of hydrogen-bond acceptors (Lipinski definition) is 3. The number of carboxylic acids is 1. The molecule has 0 unspecified atom stereocenters. The standard InChI is InChI=1S/C13H16ClNO3/c1-2-9(13(17)18)7-8-12(16)15-11-6-4-3-5-10(11)14/h3-6,9H,2,7-8H2,1H3,(H,15,16)(H,17,18)/p-1/t9-/m0/s1. The zero-order valence-electron chi connectivity index (χ0n) is 10.1. The number of halogens is 1. The highest BCUT2D eigenvalue weighted by molar-refractivity contribution is 6.33. The van der Waals surface area contributed by atoms with Crippen LogP contribution in [0.2, 0.25) is 5.02 Å². The Labute approximate surface area is 111 Å². The molecule has 1 atom stereocenters. The average Bonchev–Trinajstić information content (AvgIpc) is 2.32. The van der Waals surface area contributed by atoms with Gasteiger partial charge < -0.3 is 15.2 Å². The van der Waals surface area contributed by atoms with Crippen molar-refractivity contribution >= 4 is 29.2 Å². The summed E-state index contributed by atoms with van der Waals surface area (Å²) in [5.41, 5.74) is 0.533. The highest BCUT2D eigenvalue weighted by Gasteiger charge is 2.11. The van der Waals surface area contributed by atoms with Gasteiger partial charge in [-0.25, -0.2) is 0 Å². The number of carbonyl (C=O) groups is 2. The number of aliphatic carboxylic acids is 1. The van der Waals surface area contributed by atoms with Crippen LogP contribution >= 0.6 is 11.6 Å². The summed E-state index contributed by atoms with van der Waals surface area (Å²) in [7, 11) is 0. The van der Waals surface area contributed by atoms with Gasteiger partial charge in [0.2, 0.25) is 5.91 Å². The number of carbonyl (C=O) groups excluding carboxylic acids is 2. The number of carboxylic acid groups (broad SMARTS) is 1. The van der Waals surface area contributed by atoms with Gasteiger partial charge in [0, 0.05) is 12.4 Å². The topological polar surface area (TPSA) is 69.2 Å². The molecule has 5 heteroatoms. The van der Waals surface area contributed by atoms with Gasteiger partial charge in [-0.3, -0.25) is 4.79 Å². The molecule has 0 radical (unpaired) electrons. The lowest BCUT2D eigenvalue weighted by Gasteiger charge is -2.15. The number of rotatable bonds is 6. The molecule has 0 spiro atoms. The second kappa shape index (κ2) is 7.01. The van der Waals surface area contributed by atoms with Gasteiger partial charge in [0.15, 0.2) is 0 Å². The smallest absolute Gasteiger partial charge is 0.224 e. The first-order valence-corrected chi connectivity index (χ1v) is 6.17. The van der Waals surface area contributed by atoms with Crippen molar-refractivity contribution in [3.05, 3.63) is 29.3 Å². The fourth-order valence-electron chi connectivity index (χ4n) is 1.57. The molecule has 0 aliphatic heterocycles. The largest absolute Gasteiger partial charge is 0.550 e. The van der Waals surface area contributed by atoms with Gasteiger partial charge in [0.25, 0.3) is 0 Å². The molecule has 0 heterocycles. The molecule has 1 aromatic carbocycles. The molecule has 0 fully saturated rings. The molecule has 0 saturated heterocycles. The number of benzene rings is 1. The summed E-state index contributed by atoms with van der Waals surface area (Å²) in [4.78, 5) is 22.3. The molecule has 0 aliphatic rings. The highest BCUT2D eigenvalue weighted by Crippen LogP contribution is 2.21. The molecule has 0 aromatic heterocycles. The van der Waals surface area contributed by atoms with E-state index in [1.807, 2.05) is 0 Å². The Hall–Kier alpha value is -1.55. The number of anilines is 1. The van der Waals surface area contributed by atoms with Crippen LogP contribution in [0.3, 0.4) is 0 Å². The van der Waals surface area contributed by atoms with Crippen LogP contribution in [0.5, 0.6) is 0 Å². The van der Waals surface area contributed by atoms with Gasteiger partial charge in [-0.05, 0) is 30.9 Å². The Morgan fingerprint density at radius 2 is 2.06 bits per heavy atom. The second-order valence-corrected chi connectivity index (χ2v) is 4.40. The minimum Gasteiger partial charge on any atom is -0.550 e. The Morgan fingerprint density at radius 3 is 2.61 bits per heavy atom. The van der Waals surface area contributed by atoms with Crippen molar-refractivity contribution in [1.82, 2.24) is 0 Å². The van der Waals surface area contributed by atoms with Crippen molar-refractivity contribution in [2.45, 2.75) is 26.2 Å². The van der Waals surface area contributed by atoms with Crippen molar-refractivity contribution in [1.29, 1.82) is 0 Å². The molecular formula is C13H15ClNO3-. The molecule has 0 saturated carbocycles. The summed E-state index contributed by atoms with van der Waals surface area (Å²) < 4.78 is 0. The SMILES string of the molecule is CC[C@@H](CCC(=O)Nc1ccccc1Cl)C(=O)[O-]. The van der Waals surface area contributed by atoms with E-state index in [1.54, 1.807) is 31.2 Å².